The molecule has 0 unspecified atom stereocenters. The van der Waals surface area contributed by atoms with Crippen LogP contribution in [0.3, 0.4) is 0 Å². The fraction of sp³-hybridized carbons (Fsp3) is 0. The van der Waals surface area contributed by atoms with E-state index in [9.17, 15) is 8.96 Å². The van der Waals surface area contributed by atoms with Crippen LogP contribution in [0, 0.1) is 5.82 Å². The van der Waals surface area contributed by atoms with Crippen LogP contribution < -0.4 is 10.3 Å². The number of nitrogen functional groups attached to an aromatic ring is 1. The summed E-state index contributed by atoms with van der Waals surface area (Å²) >= 11 is 0. The van der Waals surface area contributed by atoms with E-state index in [-0.39, 0.29) is 5.69 Å². The molecule has 0 amide bonds. The lowest BCUT2D eigenvalue weighted by Gasteiger charge is -2.07. The minimum Gasteiger partial charge on any atom is -0.401 e. The van der Waals surface area contributed by atoms with Crippen LogP contribution in [0.4, 0.5) is 10.1 Å². The van der Waals surface area contributed by atoms with Gasteiger partial charge in [-0.05, 0) is 12.1 Å². The molecule has 0 aliphatic rings. The van der Waals surface area contributed by atoms with E-state index < -0.39 is 19.4 Å². The number of halogens is 1. The Morgan fingerprint density at radius 3 is 2.54 bits per heavy atom. The summed E-state index contributed by atoms with van der Waals surface area (Å²) in [6, 6.07) is 3.23. The van der Waals surface area contributed by atoms with Crippen LogP contribution in [0.5, 0.6) is 5.75 Å². The van der Waals surface area contributed by atoms with E-state index in [2.05, 4.69) is 4.52 Å². The summed E-state index contributed by atoms with van der Waals surface area (Å²) in [6.45, 7) is 0. The molecule has 0 fully saturated rings. The number of rotatable bonds is 2. The normalized spacial score (nSPS) is 11.3. The Hall–Kier alpha value is -1.10. The Bertz CT molecular complexity index is 364. The number of hydrogen-bond donors (Lipinski definition) is 3. The molecule has 0 bridgehead atoms. The zero-order chi connectivity index (χ0) is 10.1. The average molecular weight is 207 g/mol. The molecule has 5 nitrogen and oxygen atoms in total. The van der Waals surface area contributed by atoms with Gasteiger partial charge in [0.2, 0.25) is 0 Å². The SMILES string of the molecule is Nc1ccc(OP(=O)(O)O)c(F)c1. The summed E-state index contributed by atoms with van der Waals surface area (Å²) in [5.41, 5.74) is 5.35. The largest absolute Gasteiger partial charge is 0.524 e. The van der Waals surface area contributed by atoms with Gasteiger partial charge in [-0.25, -0.2) is 8.96 Å². The maximum absolute atomic E-state index is 12.8. The topological polar surface area (TPSA) is 92.8 Å². The number of anilines is 1. The van der Waals surface area contributed by atoms with Crippen LogP contribution in [-0.2, 0) is 4.57 Å². The number of hydrogen-bond acceptors (Lipinski definition) is 3. The van der Waals surface area contributed by atoms with E-state index in [1.165, 1.54) is 6.07 Å². The maximum Gasteiger partial charge on any atom is 0.524 e. The lowest BCUT2D eigenvalue weighted by molar-refractivity contribution is 0.278. The van der Waals surface area contributed by atoms with E-state index in [4.69, 9.17) is 15.5 Å². The predicted octanol–water partition coefficient (Wildman–Crippen LogP) is 0.879. The van der Waals surface area contributed by atoms with Crippen molar-refractivity contribution in [1.82, 2.24) is 0 Å². The molecule has 0 heterocycles. The lowest BCUT2D eigenvalue weighted by atomic mass is 10.3. The number of phosphoric ester groups is 1. The van der Waals surface area contributed by atoms with Crippen LogP contribution in [0.15, 0.2) is 18.2 Å². The van der Waals surface area contributed by atoms with Crippen LogP contribution in [-0.4, -0.2) is 9.79 Å². The molecule has 72 valence electrons. The summed E-state index contributed by atoms with van der Waals surface area (Å²) in [7, 11) is -4.71. The summed E-state index contributed by atoms with van der Waals surface area (Å²) < 4.78 is 27.2. The Morgan fingerprint density at radius 1 is 1.46 bits per heavy atom. The quantitative estimate of drug-likeness (QED) is 0.494. The third kappa shape index (κ3) is 3.02. The van der Waals surface area contributed by atoms with Crippen LogP contribution in [0.25, 0.3) is 0 Å². The first-order chi connectivity index (χ1) is 5.88. The number of nitrogens with two attached hydrogens (primary N) is 1. The summed E-state index contributed by atoms with van der Waals surface area (Å²) in [5, 5.41) is 0. The first-order valence-corrected chi connectivity index (χ1v) is 4.72. The summed E-state index contributed by atoms with van der Waals surface area (Å²) in [6.07, 6.45) is 0. The van der Waals surface area contributed by atoms with Gasteiger partial charge in [0, 0.05) is 11.8 Å². The van der Waals surface area contributed by atoms with Crippen molar-refractivity contribution in [2.75, 3.05) is 5.73 Å². The van der Waals surface area contributed by atoms with E-state index >= 15 is 0 Å². The van der Waals surface area contributed by atoms with Crippen molar-refractivity contribution in [1.29, 1.82) is 0 Å². The predicted molar refractivity (Wildman–Crippen MR) is 43.5 cm³/mol. The van der Waals surface area contributed by atoms with Crippen LogP contribution in [0.1, 0.15) is 0 Å². The second kappa shape index (κ2) is 3.33. The maximum atomic E-state index is 12.8. The second-order valence-electron chi connectivity index (χ2n) is 2.27. The highest BCUT2D eigenvalue weighted by Crippen LogP contribution is 2.38. The standard InChI is InChI=1S/C6H7FNO4P/c7-5-3-4(8)1-2-6(5)12-13(9,10)11/h1-3H,8H2,(H2,9,10,11). The van der Waals surface area contributed by atoms with Gasteiger partial charge in [0.25, 0.3) is 0 Å². The van der Waals surface area contributed by atoms with E-state index in [0.717, 1.165) is 12.1 Å². The molecule has 0 atom stereocenters. The molecule has 0 aliphatic carbocycles. The van der Waals surface area contributed by atoms with Gasteiger partial charge in [-0.15, -0.1) is 0 Å². The van der Waals surface area contributed by atoms with Crippen molar-refractivity contribution in [3.63, 3.8) is 0 Å². The zero-order valence-corrected chi connectivity index (χ0v) is 7.24. The molecule has 7 heteroatoms. The molecule has 1 aromatic carbocycles. The molecule has 0 aromatic heterocycles. The van der Waals surface area contributed by atoms with Crippen LogP contribution in [0.2, 0.25) is 0 Å². The molecular formula is C6H7FNO4P. The second-order valence-corrected chi connectivity index (χ2v) is 3.44. The summed E-state index contributed by atoms with van der Waals surface area (Å²) in [4.78, 5) is 16.7. The highest BCUT2D eigenvalue weighted by molar-refractivity contribution is 7.46. The first kappa shape index (κ1) is 9.98. The highest BCUT2D eigenvalue weighted by atomic mass is 31.2. The molecular weight excluding hydrogens is 200 g/mol. The Morgan fingerprint density at radius 2 is 2.08 bits per heavy atom. The Kier molecular flexibility index (Phi) is 2.56. The van der Waals surface area contributed by atoms with E-state index in [1.54, 1.807) is 0 Å². The van der Waals surface area contributed by atoms with Gasteiger partial charge in [-0.2, -0.15) is 0 Å². The molecule has 0 aliphatic heterocycles. The number of phosphoric acid groups is 1. The molecule has 0 saturated heterocycles. The average Bonchev–Trinajstić information content (AvgIpc) is 1.93. The fourth-order valence-corrected chi connectivity index (χ4v) is 1.12. The van der Waals surface area contributed by atoms with Crippen molar-refractivity contribution in [3.05, 3.63) is 24.0 Å². The fourth-order valence-electron chi connectivity index (χ4n) is 0.719. The Balaban J connectivity index is 2.97. The Labute approximate surface area is 73.2 Å². The van der Waals surface area contributed by atoms with Gasteiger partial charge >= 0.3 is 7.82 Å². The smallest absolute Gasteiger partial charge is 0.401 e. The van der Waals surface area contributed by atoms with Crippen molar-refractivity contribution in [2.24, 2.45) is 0 Å². The molecule has 0 radical (unpaired) electrons. The molecule has 1 aromatic rings. The van der Waals surface area contributed by atoms with E-state index in [1.807, 2.05) is 0 Å². The van der Waals surface area contributed by atoms with Crippen molar-refractivity contribution in [2.45, 2.75) is 0 Å². The lowest BCUT2D eigenvalue weighted by Crippen LogP contribution is -1.94. The molecule has 0 saturated carbocycles. The van der Waals surface area contributed by atoms with Gasteiger partial charge in [-0.1, -0.05) is 0 Å². The van der Waals surface area contributed by atoms with Gasteiger partial charge in [0.15, 0.2) is 11.6 Å². The summed E-state index contributed by atoms with van der Waals surface area (Å²) in [5.74, 6) is -1.44. The van der Waals surface area contributed by atoms with Crippen LogP contribution >= 0.6 is 7.82 Å². The van der Waals surface area contributed by atoms with E-state index in [0.29, 0.717) is 0 Å². The van der Waals surface area contributed by atoms with Crippen molar-refractivity contribution >= 4 is 13.5 Å². The third-order valence-electron chi connectivity index (χ3n) is 1.17. The highest BCUT2D eigenvalue weighted by Gasteiger charge is 2.18. The zero-order valence-electron chi connectivity index (χ0n) is 6.35. The van der Waals surface area contributed by atoms with Gasteiger partial charge in [-0.3, -0.25) is 9.79 Å². The first-order valence-electron chi connectivity index (χ1n) is 3.18. The van der Waals surface area contributed by atoms with Crippen molar-refractivity contribution in [3.8, 4) is 5.75 Å². The number of benzene rings is 1. The molecule has 0 spiro atoms. The van der Waals surface area contributed by atoms with Crippen molar-refractivity contribution < 1.29 is 23.3 Å². The minimum atomic E-state index is -4.71. The third-order valence-corrected chi connectivity index (χ3v) is 1.61. The minimum absolute atomic E-state index is 0.149. The van der Waals surface area contributed by atoms with Gasteiger partial charge in [0.05, 0.1) is 0 Å². The van der Waals surface area contributed by atoms with Gasteiger partial charge < -0.3 is 10.3 Å². The molecule has 4 N–H and O–H groups in total. The molecule has 1 rings (SSSR count). The van der Waals surface area contributed by atoms with Gasteiger partial charge in [0.1, 0.15) is 0 Å². The monoisotopic (exact) mass is 207 g/mol. The molecule has 13 heavy (non-hydrogen) atoms.